The molecule has 0 unspecified atom stereocenters. The maximum absolute atomic E-state index is 11.9. The van der Waals surface area contributed by atoms with Crippen LogP contribution in [0.4, 0.5) is 0 Å². The Balaban J connectivity index is 2.74. The minimum atomic E-state index is -0.387. The summed E-state index contributed by atoms with van der Waals surface area (Å²) in [7, 11) is 0. The second kappa shape index (κ2) is 10.1. The van der Waals surface area contributed by atoms with Gasteiger partial charge in [0.2, 0.25) is 11.3 Å². The van der Waals surface area contributed by atoms with Crippen LogP contribution in [-0.4, -0.2) is 15.6 Å². The van der Waals surface area contributed by atoms with Crippen molar-refractivity contribution < 1.29 is 9.90 Å². The summed E-state index contributed by atoms with van der Waals surface area (Å²) in [5, 5.41) is 12.9. The predicted molar refractivity (Wildman–Crippen MR) is 92.6 cm³/mol. The molecule has 0 aliphatic rings. The fourth-order valence-electron chi connectivity index (χ4n) is 2.61. The smallest absolute Gasteiger partial charge is 0.223 e. The van der Waals surface area contributed by atoms with Crippen molar-refractivity contribution in [2.24, 2.45) is 0 Å². The third-order valence-electron chi connectivity index (χ3n) is 4.04. The number of amides is 1. The lowest BCUT2D eigenvalue weighted by Gasteiger charge is -2.18. The zero-order chi connectivity index (χ0) is 17.2. The number of aryl methyl sites for hydroxylation is 1. The molecule has 0 fully saturated rings. The molecule has 1 rings (SSSR count). The molecule has 0 spiro atoms. The maximum atomic E-state index is 11.9. The average Bonchev–Trinajstić information content (AvgIpc) is 2.52. The highest BCUT2D eigenvalue weighted by molar-refractivity contribution is 5.75. The van der Waals surface area contributed by atoms with Crippen molar-refractivity contribution >= 4 is 5.91 Å². The number of nitrogens with one attached hydrogen (secondary N) is 1. The Kier molecular flexibility index (Phi) is 8.45. The van der Waals surface area contributed by atoms with Gasteiger partial charge in [-0.15, -0.1) is 0 Å². The minimum Gasteiger partial charge on any atom is -0.503 e. The molecule has 0 atom stereocenters. The number of aromatic hydroxyl groups is 1. The number of unbranched alkanes of at least 4 members (excludes halogenated alkanes) is 4. The molecule has 1 amide bonds. The number of rotatable bonds is 10. The van der Waals surface area contributed by atoms with Gasteiger partial charge in [-0.25, -0.2) is 0 Å². The monoisotopic (exact) mass is 322 g/mol. The molecule has 0 aliphatic carbocycles. The molecule has 23 heavy (non-hydrogen) atoms. The van der Waals surface area contributed by atoms with Gasteiger partial charge in [0.25, 0.3) is 0 Å². The van der Waals surface area contributed by atoms with E-state index in [2.05, 4.69) is 19.2 Å². The Hall–Kier alpha value is -1.78. The van der Waals surface area contributed by atoms with Crippen LogP contribution in [0.5, 0.6) is 5.75 Å². The van der Waals surface area contributed by atoms with Crippen LogP contribution < -0.4 is 10.7 Å². The predicted octanol–water partition coefficient (Wildman–Crippen LogP) is 3.25. The molecule has 0 radical (unpaired) electrons. The quantitative estimate of drug-likeness (QED) is 0.650. The zero-order valence-electron chi connectivity index (χ0n) is 14.7. The number of hydrogen-bond acceptors (Lipinski definition) is 3. The summed E-state index contributed by atoms with van der Waals surface area (Å²) in [5.41, 5.74) is 0.932. The number of aromatic nitrogens is 1. The third-order valence-corrected chi connectivity index (χ3v) is 4.04. The number of hydrogen-bond donors (Lipinski definition) is 2. The topological polar surface area (TPSA) is 71.3 Å². The van der Waals surface area contributed by atoms with E-state index in [1.54, 1.807) is 0 Å². The van der Waals surface area contributed by atoms with Crippen LogP contribution in [0, 0.1) is 6.92 Å². The van der Waals surface area contributed by atoms with Gasteiger partial charge in [-0.2, -0.15) is 0 Å². The molecule has 0 aliphatic heterocycles. The fourth-order valence-corrected chi connectivity index (χ4v) is 2.61. The first kappa shape index (κ1) is 19.3. The van der Waals surface area contributed by atoms with Crippen LogP contribution >= 0.6 is 0 Å². The van der Waals surface area contributed by atoms with Crippen LogP contribution in [0.3, 0.4) is 0 Å². The van der Waals surface area contributed by atoms with Gasteiger partial charge in [-0.05, 0) is 19.8 Å². The summed E-state index contributed by atoms with van der Waals surface area (Å²) < 4.78 is 1.93. The Morgan fingerprint density at radius 1 is 1.17 bits per heavy atom. The van der Waals surface area contributed by atoms with E-state index in [4.69, 9.17) is 0 Å². The summed E-state index contributed by atoms with van der Waals surface area (Å²) in [6, 6.07) is 1.45. The first-order valence-corrected chi connectivity index (χ1v) is 8.70. The van der Waals surface area contributed by atoms with E-state index >= 15 is 0 Å². The number of nitrogens with zero attached hydrogens (tertiary/aromatic N) is 1. The first-order chi connectivity index (χ1) is 11.0. The summed E-state index contributed by atoms with van der Waals surface area (Å²) in [6.45, 7) is 7.01. The third kappa shape index (κ3) is 6.08. The van der Waals surface area contributed by atoms with E-state index in [-0.39, 0.29) is 23.6 Å². The Bertz CT molecular complexity index is 564. The molecule has 0 aromatic carbocycles. The zero-order valence-corrected chi connectivity index (χ0v) is 14.7. The largest absolute Gasteiger partial charge is 0.503 e. The van der Waals surface area contributed by atoms with E-state index in [1.165, 1.54) is 6.07 Å². The van der Waals surface area contributed by atoms with Crippen molar-refractivity contribution in [3.8, 4) is 5.75 Å². The molecule has 5 heteroatoms. The van der Waals surface area contributed by atoms with Gasteiger partial charge in [0.1, 0.15) is 0 Å². The molecular weight excluding hydrogens is 292 g/mol. The van der Waals surface area contributed by atoms with Crippen LogP contribution in [0.2, 0.25) is 0 Å². The lowest BCUT2D eigenvalue weighted by molar-refractivity contribution is -0.121. The van der Waals surface area contributed by atoms with Crippen LogP contribution in [0.1, 0.15) is 70.2 Å². The van der Waals surface area contributed by atoms with Crippen molar-refractivity contribution in [3.63, 3.8) is 0 Å². The molecule has 0 bridgehead atoms. The maximum Gasteiger partial charge on any atom is 0.223 e. The van der Waals surface area contributed by atoms with Crippen molar-refractivity contribution in [2.75, 3.05) is 0 Å². The van der Waals surface area contributed by atoms with Gasteiger partial charge in [0.05, 0.1) is 12.2 Å². The van der Waals surface area contributed by atoms with E-state index in [0.717, 1.165) is 50.8 Å². The molecule has 130 valence electrons. The minimum absolute atomic E-state index is 0.0310. The highest BCUT2D eigenvalue weighted by atomic mass is 16.3. The van der Waals surface area contributed by atoms with Crippen LogP contribution in [0.15, 0.2) is 10.9 Å². The van der Waals surface area contributed by atoms with Gasteiger partial charge in [0.15, 0.2) is 5.75 Å². The van der Waals surface area contributed by atoms with Gasteiger partial charge in [0, 0.05) is 24.7 Å². The molecule has 0 saturated carbocycles. The first-order valence-electron chi connectivity index (χ1n) is 8.70. The molecule has 1 aromatic heterocycles. The van der Waals surface area contributed by atoms with E-state index in [0.29, 0.717) is 12.1 Å². The molecule has 5 nitrogen and oxygen atoms in total. The van der Waals surface area contributed by atoms with Gasteiger partial charge in [-0.1, -0.05) is 39.5 Å². The van der Waals surface area contributed by atoms with Crippen molar-refractivity contribution in [1.82, 2.24) is 9.88 Å². The fraction of sp³-hybridized carbons (Fsp3) is 0.667. The summed E-state index contributed by atoms with van der Waals surface area (Å²) in [5.74, 6) is -0.283. The summed E-state index contributed by atoms with van der Waals surface area (Å²) >= 11 is 0. The van der Waals surface area contributed by atoms with Crippen molar-refractivity contribution in [1.29, 1.82) is 0 Å². The normalized spacial score (nSPS) is 10.7. The molecule has 2 N–H and O–H groups in total. The standard InChI is InChI=1S/C18H30N2O3/c1-4-6-8-9-10-17(22)19-13-15-18(23)16(21)12-14(3)20(15)11-7-5-2/h12,23H,4-11,13H2,1-3H3,(H,19,22). The highest BCUT2D eigenvalue weighted by Crippen LogP contribution is 2.15. The molecule has 0 saturated heterocycles. The van der Waals surface area contributed by atoms with Crippen LogP contribution in [0.25, 0.3) is 0 Å². The van der Waals surface area contributed by atoms with Crippen molar-refractivity contribution in [2.45, 2.75) is 78.8 Å². The molecular formula is C18H30N2O3. The second-order valence-corrected chi connectivity index (χ2v) is 6.04. The lowest BCUT2D eigenvalue weighted by Crippen LogP contribution is -2.27. The van der Waals surface area contributed by atoms with Crippen molar-refractivity contribution in [3.05, 3.63) is 27.7 Å². The Morgan fingerprint density at radius 2 is 1.87 bits per heavy atom. The Labute approximate surface area is 138 Å². The Morgan fingerprint density at radius 3 is 2.52 bits per heavy atom. The van der Waals surface area contributed by atoms with Gasteiger partial charge >= 0.3 is 0 Å². The average molecular weight is 322 g/mol. The SMILES string of the molecule is CCCCCCC(=O)NCc1c(O)c(=O)cc(C)n1CCCC. The second-order valence-electron chi connectivity index (χ2n) is 6.04. The summed E-state index contributed by atoms with van der Waals surface area (Å²) in [4.78, 5) is 23.7. The number of carbonyl (C=O) groups is 1. The van der Waals surface area contributed by atoms with E-state index < -0.39 is 0 Å². The van der Waals surface area contributed by atoms with Gasteiger partial charge < -0.3 is 15.0 Å². The lowest BCUT2D eigenvalue weighted by atomic mass is 10.1. The number of pyridine rings is 1. The van der Waals surface area contributed by atoms with Crippen LogP contribution in [-0.2, 0) is 17.9 Å². The molecule has 1 aromatic rings. The van der Waals surface area contributed by atoms with E-state index in [9.17, 15) is 14.7 Å². The highest BCUT2D eigenvalue weighted by Gasteiger charge is 2.13. The molecule has 1 heterocycles. The van der Waals surface area contributed by atoms with E-state index in [1.807, 2.05) is 11.5 Å². The number of carbonyl (C=O) groups excluding carboxylic acids is 1. The van der Waals surface area contributed by atoms with Gasteiger partial charge in [-0.3, -0.25) is 9.59 Å². The summed E-state index contributed by atoms with van der Waals surface area (Å²) in [6.07, 6.45) is 6.69.